The van der Waals surface area contributed by atoms with E-state index >= 15 is 0 Å². The highest BCUT2D eigenvalue weighted by molar-refractivity contribution is 6.32. The van der Waals surface area contributed by atoms with Crippen molar-refractivity contribution in [1.82, 2.24) is 0 Å². The third kappa shape index (κ3) is 4.03. The molecule has 0 spiro atoms. The molecule has 0 fully saturated rings. The van der Waals surface area contributed by atoms with Crippen LogP contribution >= 0.6 is 0 Å². The van der Waals surface area contributed by atoms with Gasteiger partial charge in [0.25, 0.3) is 0 Å². The Hall–Kier alpha value is -0.900. The maximum atomic E-state index is 10.4. The fourth-order valence-corrected chi connectivity index (χ4v) is 0.484. The minimum atomic E-state index is -1.36. The Morgan fingerprint density at radius 3 is 2.50 bits per heavy atom. The molecule has 0 amide bonds. The lowest BCUT2D eigenvalue weighted by atomic mass is 10.2. The summed E-state index contributed by atoms with van der Waals surface area (Å²) in [6, 6.07) is 0. The second-order valence-corrected chi connectivity index (χ2v) is 1.82. The molecular weight excluding hydrogens is 136 g/mol. The quantitative estimate of drug-likeness (QED) is 0.440. The molecular formula is C6H10O4. The fraction of sp³-hybridized carbons (Fsp3) is 0.667. The highest BCUT2D eigenvalue weighted by Gasteiger charge is 2.09. The van der Waals surface area contributed by atoms with Gasteiger partial charge in [-0.1, -0.05) is 0 Å². The molecule has 0 aromatic heterocycles. The van der Waals surface area contributed by atoms with Crippen molar-refractivity contribution in [3.8, 4) is 0 Å². The first-order chi connectivity index (χ1) is 4.68. The number of carbonyl (C=O) groups is 2. The van der Waals surface area contributed by atoms with Crippen molar-refractivity contribution in [2.45, 2.75) is 12.8 Å². The number of methoxy groups -OCH3 is 1. The summed E-state index contributed by atoms with van der Waals surface area (Å²) in [6.07, 6.45) is 0.533. The molecule has 0 aliphatic rings. The molecule has 0 bridgehead atoms. The van der Waals surface area contributed by atoms with Gasteiger partial charge in [0.1, 0.15) is 0 Å². The average Bonchev–Trinajstić information content (AvgIpc) is 1.88. The van der Waals surface area contributed by atoms with Gasteiger partial charge in [-0.2, -0.15) is 0 Å². The van der Waals surface area contributed by atoms with Gasteiger partial charge in [-0.25, -0.2) is 4.79 Å². The first kappa shape index (κ1) is 9.10. The lowest BCUT2D eigenvalue weighted by molar-refractivity contribution is -0.149. The van der Waals surface area contributed by atoms with Crippen LogP contribution in [0.2, 0.25) is 0 Å². The molecule has 0 saturated heterocycles. The van der Waals surface area contributed by atoms with Crippen LogP contribution in [0.15, 0.2) is 0 Å². The summed E-state index contributed by atoms with van der Waals surface area (Å²) < 4.78 is 4.63. The minimum Gasteiger partial charge on any atom is -0.476 e. The van der Waals surface area contributed by atoms with Crippen LogP contribution in [-0.2, 0) is 14.3 Å². The molecule has 0 rings (SSSR count). The molecule has 0 saturated carbocycles. The van der Waals surface area contributed by atoms with Crippen LogP contribution in [0.1, 0.15) is 12.8 Å². The van der Waals surface area contributed by atoms with Gasteiger partial charge in [0.05, 0.1) is 0 Å². The zero-order valence-corrected chi connectivity index (χ0v) is 5.79. The molecule has 0 aromatic carbocycles. The summed E-state index contributed by atoms with van der Waals surface area (Å²) in [5.41, 5.74) is 0. The van der Waals surface area contributed by atoms with E-state index in [4.69, 9.17) is 5.11 Å². The van der Waals surface area contributed by atoms with Crippen molar-refractivity contribution in [2.24, 2.45) is 0 Å². The highest BCUT2D eigenvalue weighted by atomic mass is 16.5. The van der Waals surface area contributed by atoms with Crippen LogP contribution in [0.4, 0.5) is 0 Å². The second kappa shape index (κ2) is 4.93. The normalized spacial score (nSPS) is 9.30. The number of hydrogen-bond donors (Lipinski definition) is 1. The minimum absolute atomic E-state index is 0.0587. The number of ketones is 1. The molecule has 1 N–H and O–H groups in total. The van der Waals surface area contributed by atoms with Gasteiger partial charge < -0.3 is 9.84 Å². The standard InChI is InChI=1S/C6H10O4/c1-10-4-2-3-5(7)6(8)9/h2-4H2,1H3,(H,8,9). The summed E-state index contributed by atoms with van der Waals surface area (Å²) in [7, 11) is 1.51. The molecule has 0 atom stereocenters. The second-order valence-electron chi connectivity index (χ2n) is 1.82. The SMILES string of the molecule is COCCCC(=O)C(=O)O. The molecule has 0 unspecified atom stereocenters. The van der Waals surface area contributed by atoms with Gasteiger partial charge in [0, 0.05) is 20.1 Å². The molecule has 0 heterocycles. The largest absolute Gasteiger partial charge is 0.476 e. The number of hydrogen-bond acceptors (Lipinski definition) is 3. The Morgan fingerprint density at radius 2 is 2.10 bits per heavy atom. The van der Waals surface area contributed by atoms with Crippen molar-refractivity contribution in [1.29, 1.82) is 0 Å². The maximum absolute atomic E-state index is 10.4. The summed E-state index contributed by atoms with van der Waals surface area (Å²) in [5.74, 6) is -2.12. The van der Waals surface area contributed by atoms with Crippen molar-refractivity contribution in [3.05, 3.63) is 0 Å². The van der Waals surface area contributed by atoms with Crippen molar-refractivity contribution >= 4 is 11.8 Å². The molecule has 4 nitrogen and oxygen atoms in total. The lowest BCUT2D eigenvalue weighted by Crippen LogP contribution is -2.12. The average molecular weight is 146 g/mol. The van der Waals surface area contributed by atoms with Gasteiger partial charge in [-0.3, -0.25) is 4.79 Å². The number of rotatable bonds is 5. The van der Waals surface area contributed by atoms with Crippen LogP contribution in [0, 0.1) is 0 Å². The van der Waals surface area contributed by atoms with E-state index in [9.17, 15) is 9.59 Å². The van der Waals surface area contributed by atoms with E-state index in [0.29, 0.717) is 13.0 Å². The zero-order valence-electron chi connectivity index (χ0n) is 5.79. The lowest BCUT2D eigenvalue weighted by Gasteiger charge is -1.94. The molecule has 10 heavy (non-hydrogen) atoms. The van der Waals surface area contributed by atoms with Crippen LogP contribution in [0.25, 0.3) is 0 Å². The number of ether oxygens (including phenoxy) is 1. The van der Waals surface area contributed by atoms with Crippen LogP contribution < -0.4 is 0 Å². The summed E-state index contributed by atoms with van der Waals surface area (Å²) in [5, 5.41) is 8.09. The van der Waals surface area contributed by atoms with Gasteiger partial charge in [-0.15, -0.1) is 0 Å². The molecule has 0 aliphatic heterocycles. The zero-order chi connectivity index (χ0) is 7.98. The summed E-state index contributed by atoms with van der Waals surface area (Å²) in [6.45, 7) is 0.430. The fourth-order valence-electron chi connectivity index (χ4n) is 0.484. The summed E-state index contributed by atoms with van der Waals surface area (Å²) >= 11 is 0. The summed E-state index contributed by atoms with van der Waals surface area (Å²) in [4.78, 5) is 20.3. The monoisotopic (exact) mass is 146 g/mol. The smallest absolute Gasteiger partial charge is 0.372 e. The van der Waals surface area contributed by atoms with Crippen molar-refractivity contribution in [2.75, 3.05) is 13.7 Å². The van der Waals surface area contributed by atoms with Gasteiger partial charge in [-0.05, 0) is 6.42 Å². The number of carbonyl (C=O) groups excluding carboxylic acids is 1. The van der Waals surface area contributed by atoms with E-state index in [2.05, 4.69) is 4.74 Å². The Morgan fingerprint density at radius 1 is 1.50 bits per heavy atom. The van der Waals surface area contributed by atoms with Crippen LogP contribution in [-0.4, -0.2) is 30.6 Å². The van der Waals surface area contributed by atoms with Crippen LogP contribution in [0.5, 0.6) is 0 Å². The van der Waals surface area contributed by atoms with E-state index in [1.807, 2.05) is 0 Å². The Kier molecular flexibility index (Phi) is 4.49. The number of carboxylic acids is 1. The van der Waals surface area contributed by atoms with Gasteiger partial charge >= 0.3 is 5.97 Å². The topological polar surface area (TPSA) is 63.6 Å². The first-order valence-electron chi connectivity index (χ1n) is 2.93. The number of carboxylic acid groups (broad SMARTS) is 1. The maximum Gasteiger partial charge on any atom is 0.372 e. The van der Waals surface area contributed by atoms with E-state index in [1.54, 1.807) is 0 Å². The molecule has 58 valence electrons. The first-order valence-corrected chi connectivity index (χ1v) is 2.93. The third-order valence-corrected chi connectivity index (χ3v) is 0.991. The van der Waals surface area contributed by atoms with Crippen LogP contribution in [0.3, 0.4) is 0 Å². The van der Waals surface area contributed by atoms with E-state index in [-0.39, 0.29) is 6.42 Å². The predicted octanol–water partition coefficient (Wildman–Crippen LogP) is 0.0667. The highest BCUT2D eigenvalue weighted by Crippen LogP contribution is 1.90. The van der Waals surface area contributed by atoms with E-state index in [0.717, 1.165) is 0 Å². The van der Waals surface area contributed by atoms with E-state index in [1.165, 1.54) is 7.11 Å². The van der Waals surface area contributed by atoms with Crippen molar-refractivity contribution in [3.63, 3.8) is 0 Å². The van der Waals surface area contributed by atoms with Crippen molar-refractivity contribution < 1.29 is 19.4 Å². The Labute approximate surface area is 58.8 Å². The molecule has 4 heteroatoms. The molecule has 0 aromatic rings. The Balaban J connectivity index is 3.31. The van der Waals surface area contributed by atoms with E-state index < -0.39 is 11.8 Å². The Bertz CT molecular complexity index is 130. The third-order valence-electron chi connectivity index (χ3n) is 0.991. The van der Waals surface area contributed by atoms with Gasteiger partial charge in [0.2, 0.25) is 5.78 Å². The molecule has 0 aliphatic carbocycles. The molecule has 0 radical (unpaired) electrons. The van der Waals surface area contributed by atoms with Gasteiger partial charge in [0.15, 0.2) is 0 Å². The predicted molar refractivity (Wildman–Crippen MR) is 33.8 cm³/mol. The number of aliphatic carboxylic acids is 1. The number of Topliss-reactive ketones (excluding diaryl/α,β-unsaturated/α-hetero) is 1.